The quantitative estimate of drug-likeness (QED) is 0.373. The third-order valence-electron chi connectivity index (χ3n) is 6.03. The SMILES string of the molecule is CCN(CC)C(C)Oc1ccc2c(c1)[nH]c(=O)c1cc(OC(C)N(CC)CC)ccc12. The molecule has 3 aromatic rings. The molecule has 2 atom stereocenters. The van der Waals surface area contributed by atoms with E-state index in [1.54, 1.807) is 0 Å². The van der Waals surface area contributed by atoms with Crippen molar-refractivity contribution in [1.82, 2.24) is 14.8 Å². The molecule has 2 unspecified atom stereocenters. The molecule has 1 aromatic heterocycles. The standard InChI is InChI=1S/C25H35N3O3/c1-7-27(8-2)17(5)30-19-11-13-21-22-14-12-20(31-18(6)28(9-3)10-4)16-24(22)26-25(29)23(21)15-19/h11-18H,7-10H2,1-6H3,(H,26,29). The lowest BCUT2D eigenvalue weighted by Crippen LogP contribution is -2.36. The first kappa shape index (κ1) is 23.1. The van der Waals surface area contributed by atoms with E-state index < -0.39 is 0 Å². The van der Waals surface area contributed by atoms with E-state index in [1.807, 2.05) is 50.2 Å². The van der Waals surface area contributed by atoms with E-state index in [4.69, 9.17) is 9.47 Å². The average Bonchev–Trinajstić information content (AvgIpc) is 2.75. The Morgan fingerprint density at radius 3 is 1.74 bits per heavy atom. The average molecular weight is 426 g/mol. The van der Waals surface area contributed by atoms with Crippen LogP contribution in [0.5, 0.6) is 11.5 Å². The third-order valence-corrected chi connectivity index (χ3v) is 6.03. The number of nitrogens with zero attached hydrogens (tertiary/aromatic N) is 2. The summed E-state index contributed by atoms with van der Waals surface area (Å²) in [6.45, 7) is 16.2. The molecular formula is C25H35N3O3. The Morgan fingerprint density at radius 2 is 1.23 bits per heavy atom. The Bertz CT molecular complexity index is 1070. The van der Waals surface area contributed by atoms with Crippen molar-refractivity contribution in [3.8, 4) is 11.5 Å². The molecule has 168 valence electrons. The Morgan fingerprint density at radius 1 is 0.742 bits per heavy atom. The van der Waals surface area contributed by atoms with E-state index in [2.05, 4.69) is 42.5 Å². The van der Waals surface area contributed by atoms with Crippen molar-refractivity contribution in [2.45, 2.75) is 54.0 Å². The molecule has 2 aromatic carbocycles. The summed E-state index contributed by atoms with van der Waals surface area (Å²) in [7, 11) is 0. The van der Waals surface area contributed by atoms with Crippen LogP contribution in [0.3, 0.4) is 0 Å². The van der Waals surface area contributed by atoms with Gasteiger partial charge in [0.2, 0.25) is 0 Å². The van der Waals surface area contributed by atoms with Gasteiger partial charge in [-0.1, -0.05) is 27.7 Å². The first-order valence-electron chi connectivity index (χ1n) is 11.3. The summed E-state index contributed by atoms with van der Waals surface area (Å²) < 4.78 is 12.2. The number of aromatic amines is 1. The number of benzene rings is 2. The van der Waals surface area contributed by atoms with Crippen molar-refractivity contribution in [2.24, 2.45) is 0 Å². The summed E-state index contributed by atoms with van der Waals surface area (Å²) in [5.74, 6) is 1.44. The van der Waals surface area contributed by atoms with Crippen molar-refractivity contribution >= 4 is 21.7 Å². The number of nitrogens with one attached hydrogen (secondary N) is 1. The van der Waals surface area contributed by atoms with Gasteiger partial charge >= 0.3 is 0 Å². The van der Waals surface area contributed by atoms with Crippen LogP contribution in [-0.4, -0.2) is 53.4 Å². The minimum atomic E-state index is -0.127. The van der Waals surface area contributed by atoms with Crippen LogP contribution in [0.15, 0.2) is 41.2 Å². The number of rotatable bonds is 10. The fourth-order valence-corrected chi connectivity index (χ4v) is 4.16. The molecule has 0 fully saturated rings. The first-order valence-corrected chi connectivity index (χ1v) is 11.3. The summed E-state index contributed by atoms with van der Waals surface area (Å²) in [5.41, 5.74) is 0.643. The molecule has 0 saturated carbocycles. The summed E-state index contributed by atoms with van der Waals surface area (Å²) in [5, 5.41) is 2.52. The van der Waals surface area contributed by atoms with Gasteiger partial charge in [-0.2, -0.15) is 0 Å². The maximum atomic E-state index is 12.8. The molecule has 6 heteroatoms. The second-order valence-electron chi connectivity index (χ2n) is 7.75. The minimum absolute atomic E-state index is 0.0351. The zero-order valence-electron chi connectivity index (χ0n) is 19.6. The van der Waals surface area contributed by atoms with E-state index in [0.717, 1.165) is 48.2 Å². The lowest BCUT2D eigenvalue weighted by molar-refractivity contribution is 0.0480. The predicted molar refractivity (Wildman–Crippen MR) is 128 cm³/mol. The Hall–Kier alpha value is -2.57. The van der Waals surface area contributed by atoms with Gasteiger partial charge in [-0.25, -0.2) is 0 Å². The highest BCUT2D eigenvalue weighted by atomic mass is 16.5. The molecular weight excluding hydrogens is 390 g/mol. The van der Waals surface area contributed by atoms with Crippen LogP contribution < -0.4 is 15.0 Å². The second kappa shape index (κ2) is 10.2. The van der Waals surface area contributed by atoms with Gasteiger partial charge in [0.1, 0.15) is 24.0 Å². The van der Waals surface area contributed by atoms with Gasteiger partial charge < -0.3 is 14.5 Å². The number of H-pyrrole nitrogens is 1. The molecule has 0 aliphatic heterocycles. The smallest absolute Gasteiger partial charge is 0.256 e. The van der Waals surface area contributed by atoms with Crippen LogP contribution in [0, 0.1) is 0 Å². The normalized spacial score (nSPS) is 13.8. The molecule has 3 rings (SSSR count). The highest BCUT2D eigenvalue weighted by molar-refractivity contribution is 6.05. The molecule has 0 aliphatic rings. The van der Waals surface area contributed by atoms with E-state index >= 15 is 0 Å². The second-order valence-corrected chi connectivity index (χ2v) is 7.75. The highest BCUT2D eigenvalue weighted by Crippen LogP contribution is 2.28. The van der Waals surface area contributed by atoms with E-state index in [-0.39, 0.29) is 18.0 Å². The van der Waals surface area contributed by atoms with Gasteiger partial charge in [0, 0.05) is 11.5 Å². The van der Waals surface area contributed by atoms with E-state index in [9.17, 15) is 4.79 Å². The Labute approximate surface area is 184 Å². The summed E-state index contributed by atoms with van der Waals surface area (Å²) in [4.78, 5) is 20.3. The summed E-state index contributed by atoms with van der Waals surface area (Å²) in [6, 6.07) is 11.6. The van der Waals surface area contributed by atoms with Gasteiger partial charge in [-0.15, -0.1) is 0 Å². The number of hydrogen-bond donors (Lipinski definition) is 1. The van der Waals surface area contributed by atoms with E-state index in [1.165, 1.54) is 0 Å². The molecule has 0 saturated heterocycles. The molecule has 0 radical (unpaired) electrons. The summed E-state index contributed by atoms with van der Waals surface area (Å²) >= 11 is 0. The molecule has 0 amide bonds. The summed E-state index contributed by atoms with van der Waals surface area (Å²) in [6.07, 6.45) is -0.0911. The number of pyridine rings is 1. The number of aromatic nitrogens is 1. The van der Waals surface area contributed by atoms with Crippen LogP contribution >= 0.6 is 0 Å². The molecule has 1 N–H and O–H groups in total. The van der Waals surface area contributed by atoms with Crippen molar-refractivity contribution in [3.63, 3.8) is 0 Å². The van der Waals surface area contributed by atoms with Crippen molar-refractivity contribution in [2.75, 3.05) is 26.2 Å². The van der Waals surface area contributed by atoms with Crippen LogP contribution in [-0.2, 0) is 0 Å². The van der Waals surface area contributed by atoms with Crippen molar-refractivity contribution in [1.29, 1.82) is 0 Å². The Kier molecular flexibility index (Phi) is 7.57. The van der Waals surface area contributed by atoms with Crippen LogP contribution in [0.25, 0.3) is 21.7 Å². The van der Waals surface area contributed by atoms with Crippen molar-refractivity contribution < 1.29 is 9.47 Å². The lowest BCUT2D eigenvalue weighted by atomic mass is 10.1. The molecule has 0 bridgehead atoms. The van der Waals surface area contributed by atoms with E-state index in [0.29, 0.717) is 11.1 Å². The number of fused-ring (bicyclic) bond motifs is 3. The predicted octanol–water partition coefficient (Wildman–Crippen LogP) is 4.81. The Balaban J connectivity index is 1.93. The van der Waals surface area contributed by atoms with Crippen LogP contribution in [0.4, 0.5) is 0 Å². The maximum Gasteiger partial charge on any atom is 0.256 e. The van der Waals surface area contributed by atoms with Crippen molar-refractivity contribution in [3.05, 3.63) is 46.8 Å². The molecule has 6 nitrogen and oxygen atoms in total. The lowest BCUT2D eigenvalue weighted by Gasteiger charge is -2.27. The highest BCUT2D eigenvalue weighted by Gasteiger charge is 2.15. The topological polar surface area (TPSA) is 57.8 Å². The van der Waals surface area contributed by atoms with Gasteiger partial charge in [-0.05, 0) is 75.7 Å². The van der Waals surface area contributed by atoms with Gasteiger partial charge in [0.25, 0.3) is 5.56 Å². The molecule has 31 heavy (non-hydrogen) atoms. The zero-order chi connectivity index (χ0) is 22.5. The van der Waals surface area contributed by atoms with Gasteiger partial charge in [0.05, 0.1) is 10.9 Å². The largest absolute Gasteiger partial charge is 0.475 e. The van der Waals surface area contributed by atoms with Gasteiger partial charge in [0.15, 0.2) is 0 Å². The number of ether oxygens (including phenoxy) is 2. The fourth-order valence-electron chi connectivity index (χ4n) is 4.16. The first-order chi connectivity index (χ1) is 14.9. The fraction of sp³-hybridized carbons (Fsp3) is 0.480. The number of hydrogen-bond acceptors (Lipinski definition) is 5. The maximum absolute atomic E-state index is 12.8. The van der Waals surface area contributed by atoms with Crippen LogP contribution in [0.1, 0.15) is 41.5 Å². The molecule has 0 spiro atoms. The minimum Gasteiger partial charge on any atom is -0.475 e. The molecule has 0 aliphatic carbocycles. The van der Waals surface area contributed by atoms with Crippen LogP contribution in [0.2, 0.25) is 0 Å². The molecule has 1 heterocycles. The zero-order valence-corrected chi connectivity index (χ0v) is 19.6. The van der Waals surface area contributed by atoms with Gasteiger partial charge in [-0.3, -0.25) is 14.6 Å². The third kappa shape index (κ3) is 5.02. The monoisotopic (exact) mass is 425 g/mol.